The third kappa shape index (κ3) is 5.61. The van der Waals surface area contributed by atoms with Gasteiger partial charge >= 0.3 is 0 Å². The van der Waals surface area contributed by atoms with Crippen molar-refractivity contribution >= 4 is 82.5 Å². The van der Waals surface area contributed by atoms with Gasteiger partial charge in [0, 0.05) is 36.2 Å². The number of fused-ring (bicyclic) bond motifs is 12. The lowest BCUT2D eigenvalue weighted by Gasteiger charge is -2.41. The molecule has 74 heavy (non-hydrogen) atoms. The van der Waals surface area contributed by atoms with Crippen LogP contribution in [0.2, 0.25) is 0 Å². The minimum atomic E-state index is -2.80. The summed E-state index contributed by atoms with van der Waals surface area (Å²) in [6.07, 6.45) is 8.93. The Kier molecular flexibility index (Phi) is 9.29. The molecule has 15 rings (SSSR count). The van der Waals surface area contributed by atoms with E-state index in [0.717, 1.165) is 67.8 Å². The highest BCUT2D eigenvalue weighted by molar-refractivity contribution is 8.37. The molecule has 1 aliphatic carbocycles. The van der Waals surface area contributed by atoms with Crippen LogP contribution >= 0.6 is 10.0 Å². The maximum absolute atomic E-state index is 11.2. The van der Waals surface area contributed by atoms with E-state index in [9.17, 15) is 10.5 Å². The molecule has 12 aromatic rings. The summed E-state index contributed by atoms with van der Waals surface area (Å²) in [7, 11) is -4.63. The van der Waals surface area contributed by atoms with Crippen LogP contribution in [0.15, 0.2) is 262 Å². The Morgan fingerprint density at radius 2 is 0.959 bits per heavy atom. The molecule has 3 aliphatic rings. The molecule has 0 bridgehead atoms. The molecule has 4 heterocycles. The number of para-hydroxylation sites is 2. The average molecular weight is 977 g/mol. The van der Waals surface area contributed by atoms with Crippen LogP contribution in [0.25, 0.3) is 77.2 Å². The Bertz CT molecular complexity index is 4470. The van der Waals surface area contributed by atoms with Crippen LogP contribution in [-0.2, 0) is 0 Å². The van der Waals surface area contributed by atoms with Crippen LogP contribution in [0.4, 0.5) is 0 Å². The molecule has 1 unspecified atom stereocenters. The standard InChI is InChI=1S/C68H44N4SSi/c69-43-45-37-46(44-70)62(72-60-34-18-14-30-52(60)56-41-68-58(39-64(56)72)54-32-16-20-36-67(54)74(68,49-25-9-3-10-26-49)50-27-11-4-12-28-50)42-61(45)71-59-33-17-13-29-51(59)55-40-66-57(38-63(55)71)53-31-15-19-35-65(53)73(66,47-21-5-1-6-22-47)48-23-7-2-8-24-48/h1-7,9-23,25-42H,8,24H2. The summed E-state index contributed by atoms with van der Waals surface area (Å²) in [5.74, 6) is 0. The number of hydrogen-bond donors (Lipinski definition) is 0. The fourth-order valence-electron chi connectivity index (χ4n) is 13.2. The molecule has 10 aromatic carbocycles. The Labute approximate surface area is 431 Å². The first-order valence-corrected chi connectivity index (χ1v) is 29.0. The van der Waals surface area contributed by atoms with Crippen molar-refractivity contribution in [2.75, 3.05) is 0 Å². The molecule has 0 spiro atoms. The largest absolute Gasteiger partial charge is 0.308 e. The van der Waals surface area contributed by atoms with E-state index in [1.807, 2.05) is 6.07 Å². The van der Waals surface area contributed by atoms with Crippen molar-refractivity contribution in [3.8, 4) is 45.8 Å². The van der Waals surface area contributed by atoms with E-state index in [0.29, 0.717) is 11.1 Å². The molecule has 4 nitrogen and oxygen atoms in total. The first-order chi connectivity index (χ1) is 36.6. The lowest BCUT2D eigenvalue weighted by atomic mass is 10.0. The Hall–Kier alpha value is -9.17. The summed E-state index contributed by atoms with van der Waals surface area (Å²) in [5.41, 5.74) is 11.3. The third-order valence-corrected chi connectivity index (χ3v) is 25.1. The second-order valence-corrected chi connectivity index (χ2v) is 26.5. The van der Waals surface area contributed by atoms with E-state index in [2.05, 4.69) is 258 Å². The molecule has 0 N–H and O–H groups in total. The van der Waals surface area contributed by atoms with Crippen molar-refractivity contribution in [2.45, 2.75) is 27.5 Å². The summed E-state index contributed by atoms with van der Waals surface area (Å²) in [4.78, 5) is 5.54. The average Bonchev–Trinajstić information content (AvgIpc) is 4.18. The molecular formula is C68H44N4SSi. The van der Waals surface area contributed by atoms with E-state index < -0.39 is 18.1 Å². The van der Waals surface area contributed by atoms with Crippen LogP contribution in [0.5, 0.6) is 0 Å². The summed E-state index contributed by atoms with van der Waals surface area (Å²) < 4.78 is 4.58. The lowest BCUT2D eigenvalue weighted by Crippen LogP contribution is -2.72. The molecule has 0 amide bonds. The number of hydrogen-bond acceptors (Lipinski definition) is 2. The van der Waals surface area contributed by atoms with E-state index >= 15 is 0 Å². The highest BCUT2D eigenvalue weighted by Gasteiger charge is 2.49. The molecule has 1 atom stereocenters. The van der Waals surface area contributed by atoms with Crippen LogP contribution < -0.4 is 20.7 Å². The number of aromatic nitrogens is 2. The van der Waals surface area contributed by atoms with Gasteiger partial charge in [0.05, 0.1) is 44.6 Å². The minimum Gasteiger partial charge on any atom is -0.308 e. The predicted molar refractivity (Wildman–Crippen MR) is 308 cm³/mol. The molecule has 0 saturated heterocycles. The monoisotopic (exact) mass is 976 g/mol. The summed E-state index contributed by atoms with van der Waals surface area (Å²) in [5, 5.41) is 32.4. The zero-order chi connectivity index (χ0) is 49.1. The molecule has 0 fully saturated rings. The summed E-state index contributed by atoms with van der Waals surface area (Å²) >= 11 is 0. The van der Waals surface area contributed by atoms with Gasteiger partial charge in [0.15, 0.2) is 8.07 Å². The molecule has 2 aliphatic heterocycles. The number of rotatable bonds is 6. The SMILES string of the molecule is N#Cc1cc(C#N)c(-n2c3ccccc3c3cc4c(cc32)-c2ccccc2S4(C2=CC=CCC2)c2ccccc2)cc1-n1c2ccccc2c2cc3c(cc21)-c1ccccc1[Si]3(c1ccccc1)c1ccccc1. The van der Waals surface area contributed by atoms with Gasteiger partial charge in [-0.1, -0.05) is 182 Å². The van der Waals surface area contributed by atoms with E-state index in [-0.39, 0.29) is 0 Å². The maximum atomic E-state index is 11.2. The number of benzene rings is 10. The van der Waals surface area contributed by atoms with Gasteiger partial charge in [-0.3, -0.25) is 0 Å². The molecule has 6 heteroatoms. The van der Waals surface area contributed by atoms with Crippen molar-refractivity contribution in [3.63, 3.8) is 0 Å². The number of nitriles is 2. The highest BCUT2D eigenvalue weighted by Crippen LogP contribution is 2.81. The van der Waals surface area contributed by atoms with Gasteiger partial charge in [-0.05, 0) is 121 Å². The lowest BCUT2D eigenvalue weighted by molar-refractivity contribution is 1.01. The van der Waals surface area contributed by atoms with Crippen LogP contribution in [0.3, 0.4) is 0 Å². The van der Waals surface area contributed by atoms with Crippen molar-refractivity contribution in [1.82, 2.24) is 9.13 Å². The van der Waals surface area contributed by atoms with Gasteiger partial charge in [0.2, 0.25) is 0 Å². The highest BCUT2D eigenvalue weighted by atomic mass is 32.3. The van der Waals surface area contributed by atoms with Gasteiger partial charge in [-0.15, -0.1) is 10.0 Å². The predicted octanol–water partition coefficient (Wildman–Crippen LogP) is 14.5. The third-order valence-electron chi connectivity index (χ3n) is 16.2. The summed E-state index contributed by atoms with van der Waals surface area (Å²) in [6.45, 7) is 0. The molecular weight excluding hydrogens is 933 g/mol. The van der Waals surface area contributed by atoms with Gasteiger partial charge in [-0.25, -0.2) is 0 Å². The normalized spacial score (nSPS) is 16.8. The first-order valence-electron chi connectivity index (χ1n) is 25.3. The number of allylic oxidation sites excluding steroid dienone is 4. The Balaban J connectivity index is 1.02. The van der Waals surface area contributed by atoms with Crippen molar-refractivity contribution in [2.24, 2.45) is 0 Å². The fourth-order valence-corrected chi connectivity index (χ4v) is 22.9. The number of nitrogens with zero attached hydrogens (tertiary/aromatic N) is 4. The van der Waals surface area contributed by atoms with Crippen molar-refractivity contribution in [1.29, 1.82) is 10.5 Å². The molecule has 0 radical (unpaired) electrons. The van der Waals surface area contributed by atoms with Gasteiger partial charge in [0.25, 0.3) is 0 Å². The van der Waals surface area contributed by atoms with E-state index in [1.54, 1.807) is 0 Å². The van der Waals surface area contributed by atoms with Crippen LogP contribution in [0.1, 0.15) is 24.0 Å². The second kappa shape index (κ2) is 16.2. The van der Waals surface area contributed by atoms with E-state index in [4.69, 9.17) is 0 Å². The maximum Gasteiger partial charge on any atom is 0.180 e. The second-order valence-electron chi connectivity index (χ2n) is 19.6. The molecule has 0 saturated carbocycles. The topological polar surface area (TPSA) is 57.4 Å². The Morgan fingerprint density at radius 3 is 1.58 bits per heavy atom. The minimum absolute atomic E-state index is 0.438. The van der Waals surface area contributed by atoms with Crippen molar-refractivity contribution in [3.05, 3.63) is 259 Å². The zero-order valence-corrected chi connectivity index (χ0v) is 42.0. The van der Waals surface area contributed by atoms with Gasteiger partial charge in [-0.2, -0.15) is 10.5 Å². The Morgan fingerprint density at radius 1 is 0.419 bits per heavy atom. The fraction of sp³-hybridized carbons (Fsp3) is 0.0294. The van der Waals surface area contributed by atoms with Crippen LogP contribution in [0, 0.1) is 22.7 Å². The van der Waals surface area contributed by atoms with Gasteiger partial charge in [0.1, 0.15) is 12.1 Å². The zero-order valence-electron chi connectivity index (χ0n) is 40.2. The smallest absolute Gasteiger partial charge is 0.180 e. The summed E-state index contributed by atoms with van der Waals surface area (Å²) in [6, 6.07) is 87.5. The first kappa shape index (κ1) is 42.5. The molecule has 346 valence electrons. The van der Waals surface area contributed by atoms with E-state index in [1.165, 1.54) is 62.6 Å². The van der Waals surface area contributed by atoms with Crippen molar-refractivity contribution < 1.29 is 0 Å². The molecule has 2 aromatic heterocycles. The van der Waals surface area contributed by atoms with Crippen LogP contribution in [-0.4, -0.2) is 17.2 Å². The quantitative estimate of drug-likeness (QED) is 0.156. The van der Waals surface area contributed by atoms with Gasteiger partial charge < -0.3 is 9.13 Å².